The van der Waals surface area contributed by atoms with Gasteiger partial charge in [-0.1, -0.05) is 12.1 Å². The molecule has 0 saturated carbocycles. The maximum atomic E-state index is 13.4. The lowest BCUT2D eigenvalue weighted by Crippen LogP contribution is -2.30. The molecule has 18 heavy (non-hydrogen) atoms. The van der Waals surface area contributed by atoms with Gasteiger partial charge in [-0.2, -0.15) is 0 Å². The Morgan fingerprint density at radius 2 is 2.11 bits per heavy atom. The van der Waals surface area contributed by atoms with E-state index in [1.165, 1.54) is 12.1 Å². The molecule has 3 N–H and O–H groups in total. The van der Waals surface area contributed by atoms with Crippen LogP contribution in [0.5, 0.6) is 0 Å². The predicted molar refractivity (Wildman–Crippen MR) is 59.9 cm³/mol. The molecular formula is C12H15FO5. The third kappa shape index (κ3) is 3.25. The Labute approximate surface area is 103 Å². The van der Waals surface area contributed by atoms with Crippen LogP contribution in [0.3, 0.4) is 0 Å². The van der Waals surface area contributed by atoms with E-state index in [-0.39, 0.29) is 17.7 Å². The van der Waals surface area contributed by atoms with E-state index in [0.717, 1.165) is 6.07 Å². The zero-order valence-electron chi connectivity index (χ0n) is 9.84. The number of aliphatic hydroxyl groups excluding tert-OH is 3. The van der Waals surface area contributed by atoms with E-state index in [9.17, 15) is 19.4 Å². The molecule has 0 aromatic heterocycles. The van der Waals surface area contributed by atoms with E-state index in [2.05, 4.69) is 4.74 Å². The van der Waals surface area contributed by atoms with Gasteiger partial charge < -0.3 is 20.1 Å². The molecule has 100 valence electrons. The lowest BCUT2D eigenvalue weighted by atomic mass is 10.0. The van der Waals surface area contributed by atoms with E-state index < -0.39 is 30.6 Å². The smallest absolute Gasteiger partial charge is 0.338 e. The minimum absolute atomic E-state index is 0.0326. The minimum atomic E-state index is -1.77. The fourth-order valence-corrected chi connectivity index (χ4v) is 1.41. The average Bonchev–Trinajstić information content (AvgIpc) is 2.37. The number of carbonyl (C=O) groups excluding carboxylic acids is 1. The molecule has 2 unspecified atom stereocenters. The lowest BCUT2D eigenvalue weighted by Gasteiger charge is -2.17. The second kappa shape index (κ2) is 6.44. The van der Waals surface area contributed by atoms with Crippen molar-refractivity contribution in [3.63, 3.8) is 0 Å². The highest BCUT2D eigenvalue weighted by Crippen LogP contribution is 2.20. The summed E-state index contributed by atoms with van der Waals surface area (Å²) in [5.41, 5.74) is 0.0989. The summed E-state index contributed by atoms with van der Waals surface area (Å²) in [7, 11) is 0. The summed E-state index contributed by atoms with van der Waals surface area (Å²) < 4.78 is 17.9. The van der Waals surface area contributed by atoms with Gasteiger partial charge in [0, 0.05) is 5.56 Å². The van der Waals surface area contributed by atoms with Gasteiger partial charge in [0.15, 0.2) is 6.10 Å². The number of hydrogen-bond donors (Lipinski definition) is 3. The van der Waals surface area contributed by atoms with Gasteiger partial charge in [-0.3, -0.25) is 0 Å². The Morgan fingerprint density at radius 3 is 2.61 bits per heavy atom. The standard InChI is InChI=1S/C12H15FO5/c1-2-18-12(17)11(16)10(15)7-3-4-8(6-14)9(13)5-7/h3-5,10-11,14-16H,2,6H2,1H3. The fourth-order valence-electron chi connectivity index (χ4n) is 1.41. The van der Waals surface area contributed by atoms with E-state index >= 15 is 0 Å². The molecule has 2 atom stereocenters. The summed E-state index contributed by atoms with van der Waals surface area (Å²) in [6.45, 7) is 1.16. The average molecular weight is 258 g/mol. The van der Waals surface area contributed by atoms with Crippen LogP contribution >= 0.6 is 0 Å². The molecule has 6 heteroatoms. The van der Waals surface area contributed by atoms with Crippen molar-refractivity contribution in [1.82, 2.24) is 0 Å². The molecule has 1 aromatic carbocycles. The van der Waals surface area contributed by atoms with Gasteiger partial charge in [0.05, 0.1) is 13.2 Å². The van der Waals surface area contributed by atoms with Gasteiger partial charge in [-0.15, -0.1) is 0 Å². The number of hydrogen-bond acceptors (Lipinski definition) is 5. The molecule has 0 aliphatic heterocycles. The van der Waals surface area contributed by atoms with Gasteiger partial charge in [0.2, 0.25) is 0 Å². The first-order valence-corrected chi connectivity index (χ1v) is 5.43. The third-order valence-corrected chi connectivity index (χ3v) is 2.42. The van der Waals surface area contributed by atoms with Crippen LogP contribution in [0.25, 0.3) is 0 Å². The minimum Gasteiger partial charge on any atom is -0.464 e. The van der Waals surface area contributed by atoms with Crippen molar-refractivity contribution in [2.24, 2.45) is 0 Å². The highest BCUT2D eigenvalue weighted by molar-refractivity contribution is 5.75. The summed E-state index contributed by atoms with van der Waals surface area (Å²) in [4.78, 5) is 11.2. The monoisotopic (exact) mass is 258 g/mol. The largest absolute Gasteiger partial charge is 0.464 e. The van der Waals surface area contributed by atoms with Crippen LogP contribution in [-0.2, 0) is 16.1 Å². The van der Waals surface area contributed by atoms with Crippen LogP contribution in [0.1, 0.15) is 24.2 Å². The van der Waals surface area contributed by atoms with Crippen LogP contribution in [0, 0.1) is 5.82 Å². The van der Waals surface area contributed by atoms with E-state index in [1.807, 2.05) is 0 Å². The summed E-state index contributed by atoms with van der Waals surface area (Å²) in [6.07, 6.45) is -3.35. The lowest BCUT2D eigenvalue weighted by molar-refractivity contribution is -0.159. The maximum absolute atomic E-state index is 13.4. The van der Waals surface area contributed by atoms with Crippen molar-refractivity contribution in [2.45, 2.75) is 25.7 Å². The molecule has 1 rings (SSSR count). The van der Waals surface area contributed by atoms with E-state index in [0.29, 0.717) is 0 Å². The molecule has 0 saturated heterocycles. The first-order chi connectivity index (χ1) is 8.51. The summed E-state index contributed by atoms with van der Waals surface area (Å²) >= 11 is 0. The number of aliphatic hydroxyl groups is 3. The number of halogens is 1. The van der Waals surface area contributed by atoms with Crippen LogP contribution in [0.2, 0.25) is 0 Å². The zero-order valence-corrected chi connectivity index (χ0v) is 9.84. The van der Waals surface area contributed by atoms with Crippen LogP contribution in [0.4, 0.5) is 4.39 Å². The third-order valence-electron chi connectivity index (χ3n) is 2.42. The second-order valence-corrected chi connectivity index (χ2v) is 3.65. The Bertz CT molecular complexity index is 421. The van der Waals surface area contributed by atoms with Crippen molar-refractivity contribution < 1.29 is 29.2 Å². The second-order valence-electron chi connectivity index (χ2n) is 3.65. The molecule has 0 aliphatic carbocycles. The van der Waals surface area contributed by atoms with Crippen molar-refractivity contribution >= 4 is 5.97 Å². The summed E-state index contributed by atoms with van der Waals surface area (Å²) in [5.74, 6) is -1.69. The molecule has 0 bridgehead atoms. The highest BCUT2D eigenvalue weighted by Gasteiger charge is 2.27. The van der Waals surface area contributed by atoms with Crippen molar-refractivity contribution in [3.05, 3.63) is 35.1 Å². The zero-order chi connectivity index (χ0) is 13.7. The Kier molecular flexibility index (Phi) is 5.21. The summed E-state index contributed by atoms with van der Waals surface area (Å²) in [6, 6.07) is 3.55. The number of carbonyl (C=O) groups is 1. The summed E-state index contributed by atoms with van der Waals surface area (Å²) in [5, 5.41) is 28.0. The SMILES string of the molecule is CCOC(=O)C(O)C(O)c1ccc(CO)c(F)c1. The normalized spacial score (nSPS) is 14.1. The quantitative estimate of drug-likeness (QED) is 0.660. The molecule has 0 aliphatic rings. The van der Waals surface area contributed by atoms with E-state index in [4.69, 9.17) is 5.11 Å². The fraction of sp³-hybridized carbons (Fsp3) is 0.417. The Balaban J connectivity index is 2.86. The molecule has 0 fully saturated rings. The number of esters is 1. The molecule has 5 nitrogen and oxygen atoms in total. The molecular weight excluding hydrogens is 243 g/mol. The maximum Gasteiger partial charge on any atom is 0.338 e. The first-order valence-electron chi connectivity index (χ1n) is 5.43. The molecule has 0 amide bonds. The van der Waals surface area contributed by atoms with Crippen LogP contribution in [0.15, 0.2) is 18.2 Å². The number of ether oxygens (including phenoxy) is 1. The van der Waals surface area contributed by atoms with Crippen molar-refractivity contribution in [2.75, 3.05) is 6.61 Å². The first kappa shape index (κ1) is 14.6. The number of rotatable bonds is 5. The topological polar surface area (TPSA) is 87.0 Å². The van der Waals surface area contributed by atoms with Crippen LogP contribution < -0.4 is 0 Å². The van der Waals surface area contributed by atoms with Gasteiger partial charge in [-0.05, 0) is 18.6 Å². The van der Waals surface area contributed by atoms with E-state index in [1.54, 1.807) is 6.92 Å². The predicted octanol–water partition coefficient (Wildman–Crippen LogP) is 0.275. The van der Waals surface area contributed by atoms with Gasteiger partial charge in [0.25, 0.3) is 0 Å². The Hall–Kier alpha value is -1.50. The Morgan fingerprint density at radius 1 is 1.44 bits per heavy atom. The number of benzene rings is 1. The molecule has 0 spiro atoms. The van der Waals surface area contributed by atoms with Crippen molar-refractivity contribution in [1.29, 1.82) is 0 Å². The molecule has 0 radical (unpaired) electrons. The van der Waals surface area contributed by atoms with Gasteiger partial charge >= 0.3 is 5.97 Å². The van der Waals surface area contributed by atoms with Crippen molar-refractivity contribution in [3.8, 4) is 0 Å². The van der Waals surface area contributed by atoms with Gasteiger partial charge in [0.1, 0.15) is 11.9 Å². The van der Waals surface area contributed by atoms with Crippen LogP contribution in [-0.4, -0.2) is 34.0 Å². The molecule has 0 heterocycles. The highest BCUT2D eigenvalue weighted by atomic mass is 19.1. The van der Waals surface area contributed by atoms with Gasteiger partial charge in [-0.25, -0.2) is 9.18 Å². The molecule has 1 aromatic rings.